The maximum atomic E-state index is 11.5. The van der Waals surface area contributed by atoms with Gasteiger partial charge in [0.05, 0.1) is 25.1 Å². The van der Waals surface area contributed by atoms with E-state index in [1.165, 1.54) is 4.68 Å². The number of para-hydroxylation sites is 1. The smallest absolute Gasteiger partial charge is 0.410 e. The second kappa shape index (κ2) is 16.5. The molecule has 3 aromatic rings. The van der Waals surface area contributed by atoms with Gasteiger partial charge in [0.1, 0.15) is 5.60 Å². The van der Waals surface area contributed by atoms with Crippen molar-refractivity contribution in [3.05, 3.63) is 60.4 Å². The maximum Gasteiger partial charge on any atom is 0.410 e. The van der Waals surface area contributed by atoms with Gasteiger partial charge >= 0.3 is 6.09 Å². The largest absolute Gasteiger partial charge is 0.444 e. The van der Waals surface area contributed by atoms with Gasteiger partial charge in [0.15, 0.2) is 0 Å². The molecule has 2 aliphatic rings. The van der Waals surface area contributed by atoms with Crippen LogP contribution in [0.2, 0.25) is 0 Å². The fourth-order valence-corrected chi connectivity index (χ4v) is 3.29. The fraction of sp³-hybridized carbons (Fsp3) is 0.481. The Labute approximate surface area is 251 Å². The lowest BCUT2D eigenvalue weighted by Gasteiger charge is -2.30. The van der Waals surface area contributed by atoms with Crippen molar-refractivity contribution < 1.29 is 23.2 Å². The number of aromatic nitrogens is 4. The SMILES string of the molecule is C.CC(C)(C)OC(=O)N1CCNCC1.[2H]c1c([2H])c([2H])c(-n2nnnc2N2CCNCC2)c([2H])c1[2H].[2H]c1c([2H])c([2H])c(N=S)c([2H])c1[2H]. The Morgan fingerprint density at radius 2 is 1.49 bits per heavy atom. The number of anilines is 1. The Morgan fingerprint density at radius 1 is 0.949 bits per heavy atom. The van der Waals surface area contributed by atoms with Crippen LogP contribution >= 0.6 is 0 Å². The summed E-state index contributed by atoms with van der Waals surface area (Å²) in [6.07, 6.45) is -0.200. The molecule has 1 aromatic heterocycles. The lowest BCUT2D eigenvalue weighted by molar-refractivity contribution is 0.0229. The number of rotatable bonds is 3. The summed E-state index contributed by atoms with van der Waals surface area (Å²) in [5.74, 6) is 0.375. The number of hydrogen-bond acceptors (Lipinski definition) is 10. The molecule has 2 saturated heterocycles. The highest BCUT2D eigenvalue weighted by Gasteiger charge is 2.23. The minimum absolute atomic E-state index is 0. The number of nitrogens with one attached hydrogen (secondary N) is 2. The van der Waals surface area contributed by atoms with E-state index in [4.69, 9.17) is 18.4 Å². The summed E-state index contributed by atoms with van der Waals surface area (Å²) in [7, 11) is 0. The summed E-state index contributed by atoms with van der Waals surface area (Å²) >= 11 is 4.31. The Balaban J connectivity index is 0.000000269. The molecule has 39 heavy (non-hydrogen) atoms. The topological polar surface area (TPSA) is 113 Å². The summed E-state index contributed by atoms with van der Waals surface area (Å²) in [5, 5.41) is 17.8. The lowest BCUT2D eigenvalue weighted by atomic mass is 10.2. The molecule has 0 unspecified atom stereocenters. The number of ether oxygens (including phenoxy) is 1. The molecule has 0 bridgehead atoms. The van der Waals surface area contributed by atoms with Crippen LogP contribution in [0.25, 0.3) is 5.69 Å². The molecule has 5 rings (SSSR count). The molecule has 2 N–H and O–H groups in total. The average Bonchev–Trinajstić information content (AvgIpc) is 3.55. The van der Waals surface area contributed by atoms with Gasteiger partial charge in [-0.2, -0.15) is 9.04 Å². The van der Waals surface area contributed by atoms with Gasteiger partial charge < -0.3 is 25.2 Å². The van der Waals surface area contributed by atoms with E-state index >= 15 is 0 Å². The van der Waals surface area contributed by atoms with Gasteiger partial charge in [-0.3, -0.25) is 0 Å². The minimum Gasteiger partial charge on any atom is -0.444 e. The van der Waals surface area contributed by atoms with Crippen LogP contribution in [0.3, 0.4) is 0 Å². The van der Waals surface area contributed by atoms with Gasteiger partial charge in [0, 0.05) is 64.8 Å². The van der Waals surface area contributed by atoms with Crippen LogP contribution in [0.5, 0.6) is 0 Å². The highest BCUT2D eigenvalue weighted by molar-refractivity contribution is 7.47. The number of hydrogen-bond donors (Lipinski definition) is 2. The van der Waals surface area contributed by atoms with Gasteiger partial charge in [0.2, 0.25) is 5.95 Å². The quantitative estimate of drug-likeness (QED) is 0.492. The van der Waals surface area contributed by atoms with Crippen molar-refractivity contribution in [1.29, 1.82) is 0 Å². The number of tetrazole rings is 1. The van der Waals surface area contributed by atoms with E-state index < -0.39 is 36.3 Å². The van der Waals surface area contributed by atoms with Crippen molar-refractivity contribution in [2.75, 3.05) is 57.3 Å². The zero-order valence-electron chi connectivity index (χ0n) is 31.5. The molecule has 0 saturated carbocycles. The highest BCUT2D eigenvalue weighted by Crippen LogP contribution is 2.15. The van der Waals surface area contributed by atoms with Gasteiger partial charge in [0.25, 0.3) is 0 Å². The first-order valence-corrected chi connectivity index (χ1v) is 12.3. The zero-order valence-corrected chi connectivity index (χ0v) is 22.3. The van der Waals surface area contributed by atoms with Crippen molar-refractivity contribution in [3.8, 4) is 5.69 Å². The summed E-state index contributed by atoms with van der Waals surface area (Å²) in [6.45, 7) is 11.8. The zero-order chi connectivity index (χ0) is 35.9. The molecule has 0 atom stereocenters. The summed E-state index contributed by atoms with van der Waals surface area (Å²) in [4.78, 5) is 15.1. The molecular formula is C27H41N9O2S. The van der Waals surface area contributed by atoms with E-state index in [9.17, 15) is 4.79 Å². The Morgan fingerprint density at radius 3 is 2.03 bits per heavy atom. The van der Waals surface area contributed by atoms with Crippen LogP contribution in [-0.4, -0.2) is 89.2 Å². The predicted octanol–water partition coefficient (Wildman–Crippen LogP) is 3.58. The molecule has 3 heterocycles. The van der Waals surface area contributed by atoms with Gasteiger partial charge in [-0.05, 0) is 55.4 Å². The molecule has 1 amide bonds. The first kappa shape index (κ1) is 19.6. The van der Waals surface area contributed by atoms with Crippen molar-refractivity contribution >= 4 is 30.2 Å². The average molecular weight is 566 g/mol. The fourth-order valence-electron chi connectivity index (χ4n) is 3.20. The van der Waals surface area contributed by atoms with Crippen LogP contribution in [-0.2, 0) is 17.2 Å². The first-order valence-electron chi connectivity index (χ1n) is 16.9. The molecule has 0 spiro atoms. The molecule has 11 nitrogen and oxygen atoms in total. The van der Waals surface area contributed by atoms with E-state index in [-0.39, 0.29) is 54.7 Å². The number of nitrogens with zero attached hydrogens (tertiary/aromatic N) is 7. The van der Waals surface area contributed by atoms with E-state index in [0.717, 1.165) is 39.3 Å². The Kier molecular flexibility index (Phi) is 8.26. The normalized spacial score (nSPS) is 18.5. The Hall–Kier alpha value is -3.48. The van der Waals surface area contributed by atoms with Crippen molar-refractivity contribution in [1.82, 2.24) is 35.7 Å². The first-order chi connectivity index (χ1) is 22.5. The number of amides is 1. The second-order valence-corrected chi connectivity index (χ2v) is 9.07. The number of carbonyl (C=O) groups excluding carboxylic acids is 1. The van der Waals surface area contributed by atoms with Crippen LogP contribution in [0.1, 0.15) is 41.9 Å². The third-order valence-electron chi connectivity index (χ3n) is 4.90. The molecule has 0 radical (unpaired) electrons. The molecular weight excluding hydrogens is 514 g/mol. The minimum atomic E-state index is -0.435. The molecule has 2 aliphatic heterocycles. The standard InChI is InChI=1S/C11H14N6.C9H18N2O2.C6H5NS.CH4/c1-2-4-10(5-3-1)17-11(13-14-15-17)16-8-6-12-7-9-16;1-9(2,3)13-8(12)11-6-4-10-5-7-11;8-7-6-4-2-1-3-5-6;/h1-5,12H,6-9H2;10H,4-7H2,1-3H3;1-5H;1H4/i1D,2D,3D,4D,5D;;1D,2D,3D,4D,5D;. The van der Waals surface area contributed by atoms with Crippen LogP contribution in [0.4, 0.5) is 16.4 Å². The van der Waals surface area contributed by atoms with Crippen molar-refractivity contribution in [3.63, 3.8) is 0 Å². The molecule has 212 valence electrons. The van der Waals surface area contributed by atoms with Crippen LogP contribution < -0.4 is 15.5 Å². The van der Waals surface area contributed by atoms with Crippen LogP contribution in [0.15, 0.2) is 64.8 Å². The number of benzene rings is 2. The van der Waals surface area contributed by atoms with Crippen molar-refractivity contribution in [2.45, 2.75) is 33.8 Å². The monoisotopic (exact) mass is 565 g/mol. The number of carbonyl (C=O) groups is 1. The van der Waals surface area contributed by atoms with E-state index in [2.05, 4.69) is 42.9 Å². The van der Waals surface area contributed by atoms with Gasteiger partial charge in [-0.15, -0.1) is 0 Å². The van der Waals surface area contributed by atoms with Gasteiger partial charge in [-0.1, -0.05) is 48.8 Å². The highest BCUT2D eigenvalue weighted by atomic mass is 32.1. The third kappa shape index (κ3) is 11.0. The van der Waals surface area contributed by atoms with E-state index in [1.54, 1.807) is 4.90 Å². The number of piperazine rings is 2. The van der Waals surface area contributed by atoms with Crippen LogP contribution in [0, 0.1) is 0 Å². The second-order valence-electron chi connectivity index (χ2n) is 8.88. The maximum absolute atomic E-state index is 11.5. The summed E-state index contributed by atoms with van der Waals surface area (Å²) in [5.41, 5.74) is -0.604. The molecule has 0 aliphatic carbocycles. The van der Waals surface area contributed by atoms with E-state index in [1.807, 2.05) is 25.7 Å². The Bertz CT molecular complexity index is 1570. The molecule has 12 heteroatoms. The summed E-state index contributed by atoms with van der Waals surface area (Å²) < 4.78 is 85.1. The van der Waals surface area contributed by atoms with Gasteiger partial charge in [-0.25, -0.2) is 4.79 Å². The molecule has 2 fully saturated rings. The van der Waals surface area contributed by atoms with Crippen molar-refractivity contribution in [2.24, 2.45) is 4.36 Å². The molecule has 2 aromatic carbocycles. The summed E-state index contributed by atoms with van der Waals surface area (Å²) in [6, 6.07) is -3.87. The lowest BCUT2D eigenvalue weighted by Crippen LogP contribution is -2.48. The predicted molar refractivity (Wildman–Crippen MR) is 158 cm³/mol. The third-order valence-corrected chi connectivity index (χ3v) is 5.08. The van der Waals surface area contributed by atoms with E-state index in [0.29, 0.717) is 19.0 Å².